The fourth-order valence-electron chi connectivity index (χ4n) is 2.01. The molecule has 2 rings (SSSR count). The van der Waals surface area contributed by atoms with E-state index in [0.717, 1.165) is 25.9 Å². The molecule has 1 aliphatic heterocycles. The van der Waals surface area contributed by atoms with E-state index in [4.69, 9.17) is 0 Å². The molecule has 1 aromatic carbocycles. The third-order valence-corrected chi connectivity index (χ3v) is 2.81. The van der Waals surface area contributed by atoms with Crippen molar-refractivity contribution < 1.29 is 13.9 Å². The predicted octanol–water partition coefficient (Wildman–Crippen LogP) is 2.21. The Labute approximate surface area is 93.8 Å². The second-order valence-electron chi connectivity index (χ2n) is 3.85. The van der Waals surface area contributed by atoms with E-state index in [2.05, 4.69) is 4.74 Å². The molecule has 0 spiro atoms. The minimum absolute atomic E-state index is 0.324. The number of carbonyl (C=O) groups excluding carboxylic acids is 1. The normalized spacial score (nSPS) is 15.2. The molecule has 1 saturated heterocycles. The molecule has 1 heterocycles. The van der Waals surface area contributed by atoms with Gasteiger partial charge in [-0.1, -0.05) is 0 Å². The lowest BCUT2D eigenvalue weighted by Gasteiger charge is -2.20. The van der Waals surface area contributed by atoms with Gasteiger partial charge in [0.1, 0.15) is 5.82 Å². The van der Waals surface area contributed by atoms with Crippen LogP contribution in [-0.2, 0) is 4.74 Å². The number of carbonyl (C=O) groups is 1. The maximum absolute atomic E-state index is 13.2. The second kappa shape index (κ2) is 4.51. The van der Waals surface area contributed by atoms with Crippen molar-refractivity contribution in [2.75, 3.05) is 25.1 Å². The molecule has 0 saturated carbocycles. The van der Waals surface area contributed by atoms with E-state index in [1.54, 1.807) is 0 Å². The van der Waals surface area contributed by atoms with Gasteiger partial charge in [0.05, 0.1) is 18.4 Å². The fourth-order valence-corrected chi connectivity index (χ4v) is 2.01. The number of nitrogens with zero attached hydrogens (tertiary/aromatic N) is 1. The van der Waals surface area contributed by atoms with Crippen LogP contribution in [0.2, 0.25) is 0 Å². The first-order valence-electron chi connectivity index (χ1n) is 5.35. The van der Waals surface area contributed by atoms with E-state index in [1.807, 2.05) is 4.90 Å². The van der Waals surface area contributed by atoms with Crippen LogP contribution in [0.5, 0.6) is 0 Å². The van der Waals surface area contributed by atoms with Crippen molar-refractivity contribution in [1.29, 1.82) is 0 Å². The minimum atomic E-state index is -0.415. The molecule has 0 N–H and O–H groups in total. The lowest BCUT2D eigenvalue weighted by atomic mass is 10.1. The van der Waals surface area contributed by atoms with Crippen LogP contribution in [0.15, 0.2) is 18.2 Å². The monoisotopic (exact) mass is 223 g/mol. The highest BCUT2D eigenvalue weighted by atomic mass is 19.1. The Kier molecular flexibility index (Phi) is 3.08. The van der Waals surface area contributed by atoms with Gasteiger partial charge in [-0.15, -0.1) is 0 Å². The van der Waals surface area contributed by atoms with E-state index in [1.165, 1.54) is 25.3 Å². The molecule has 0 radical (unpaired) electrons. The molecule has 0 aliphatic carbocycles. The Hall–Kier alpha value is -1.58. The Morgan fingerprint density at radius 1 is 1.38 bits per heavy atom. The molecule has 0 atom stereocenters. The van der Waals surface area contributed by atoms with Crippen molar-refractivity contribution in [3.05, 3.63) is 29.6 Å². The third-order valence-electron chi connectivity index (χ3n) is 2.81. The molecule has 0 aromatic heterocycles. The van der Waals surface area contributed by atoms with Crippen molar-refractivity contribution in [3.63, 3.8) is 0 Å². The van der Waals surface area contributed by atoms with Crippen LogP contribution in [0.3, 0.4) is 0 Å². The number of hydrogen-bond donors (Lipinski definition) is 0. The molecule has 86 valence electrons. The zero-order valence-corrected chi connectivity index (χ0v) is 9.20. The van der Waals surface area contributed by atoms with E-state index in [0.29, 0.717) is 11.3 Å². The second-order valence-corrected chi connectivity index (χ2v) is 3.85. The summed E-state index contributed by atoms with van der Waals surface area (Å²) in [7, 11) is 1.33. The molecule has 0 bridgehead atoms. The van der Waals surface area contributed by atoms with Gasteiger partial charge < -0.3 is 9.64 Å². The van der Waals surface area contributed by atoms with Crippen LogP contribution in [0.25, 0.3) is 0 Å². The highest BCUT2D eigenvalue weighted by Gasteiger charge is 2.20. The van der Waals surface area contributed by atoms with Crippen molar-refractivity contribution in [2.45, 2.75) is 12.8 Å². The molecule has 4 heteroatoms. The smallest absolute Gasteiger partial charge is 0.339 e. The number of ether oxygens (including phenoxy) is 1. The summed E-state index contributed by atoms with van der Waals surface area (Å²) in [5, 5.41) is 0. The van der Waals surface area contributed by atoms with Gasteiger partial charge in [-0.2, -0.15) is 0 Å². The van der Waals surface area contributed by atoms with E-state index < -0.39 is 5.97 Å². The van der Waals surface area contributed by atoms with Gasteiger partial charge in [0, 0.05) is 13.1 Å². The number of halogens is 1. The van der Waals surface area contributed by atoms with Gasteiger partial charge in [-0.3, -0.25) is 0 Å². The standard InChI is InChI=1S/C12H14FNO2/c1-16-12(15)10-5-4-9(13)8-11(10)14-6-2-3-7-14/h4-5,8H,2-3,6-7H2,1H3. The SMILES string of the molecule is COC(=O)c1ccc(F)cc1N1CCCC1. The average molecular weight is 223 g/mol. The van der Waals surface area contributed by atoms with Gasteiger partial charge in [-0.25, -0.2) is 9.18 Å². The fraction of sp³-hybridized carbons (Fsp3) is 0.417. The zero-order valence-electron chi connectivity index (χ0n) is 9.20. The van der Waals surface area contributed by atoms with Gasteiger partial charge in [-0.05, 0) is 31.0 Å². The Balaban J connectivity index is 2.39. The number of hydrogen-bond acceptors (Lipinski definition) is 3. The lowest BCUT2D eigenvalue weighted by Crippen LogP contribution is -2.21. The highest BCUT2D eigenvalue weighted by Crippen LogP contribution is 2.26. The molecular weight excluding hydrogens is 209 g/mol. The molecule has 1 aliphatic rings. The van der Waals surface area contributed by atoms with Crippen LogP contribution in [-0.4, -0.2) is 26.2 Å². The lowest BCUT2D eigenvalue weighted by molar-refractivity contribution is 0.0601. The van der Waals surface area contributed by atoms with Gasteiger partial charge in [0.15, 0.2) is 0 Å². The zero-order chi connectivity index (χ0) is 11.5. The van der Waals surface area contributed by atoms with E-state index in [-0.39, 0.29) is 5.82 Å². The first-order valence-corrected chi connectivity index (χ1v) is 5.35. The maximum Gasteiger partial charge on any atom is 0.339 e. The molecule has 0 amide bonds. The Morgan fingerprint density at radius 2 is 2.06 bits per heavy atom. The van der Waals surface area contributed by atoms with Gasteiger partial charge in [0.2, 0.25) is 0 Å². The predicted molar refractivity (Wildman–Crippen MR) is 59.2 cm³/mol. The van der Waals surface area contributed by atoms with E-state index >= 15 is 0 Å². The Morgan fingerprint density at radius 3 is 2.69 bits per heavy atom. The van der Waals surface area contributed by atoms with Gasteiger partial charge in [0.25, 0.3) is 0 Å². The van der Waals surface area contributed by atoms with Crippen LogP contribution < -0.4 is 4.90 Å². The molecule has 3 nitrogen and oxygen atoms in total. The summed E-state index contributed by atoms with van der Waals surface area (Å²) in [4.78, 5) is 13.6. The summed E-state index contributed by atoms with van der Waals surface area (Å²) in [6.45, 7) is 1.74. The van der Waals surface area contributed by atoms with Gasteiger partial charge >= 0.3 is 5.97 Å². The molecule has 16 heavy (non-hydrogen) atoms. The molecule has 1 fully saturated rings. The van der Waals surface area contributed by atoms with E-state index in [9.17, 15) is 9.18 Å². The van der Waals surface area contributed by atoms with Crippen molar-refractivity contribution in [1.82, 2.24) is 0 Å². The summed E-state index contributed by atoms with van der Waals surface area (Å²) in [6, 6.07) is 4.16. The summed E-state index contributed by atoms with van der Waals surface area (Å²) >= 11 is 0. The number of methoxy groups -OCH3 is 1. The van der Waals surface area contributed by atoms with Crippen molar-refractivity contribution in [3.8, 4) is 0 Å². The van der Waals surface area contributed by atoms with Crippen LogP contribution >= 0.6 is 0 Å². The summed E-state index contributed by atoms with van der Waals surface area (Å²) < 4.78 is 17.9. The third kappa shape index (κ3) is 2.01. The number of esters is 1. The molecular formula is C12H14FNO2. The molecule has 0 unspecified atom stereocenters. The van der Waals surface area contributed by atoms with Crippen LogP contribution in [0.4, 0.5) is 10.1 Å². The topological polar surface area (TPSA) is 29.5 Å². The summed E-state index contributed by atoms with van der Waals surface area (Å²) in [6.07, 6.45) is 2.16. The van der Waals surface area contributed by atoms with Crippen LogP contribution in [0, 0.1) is 5.82 Å². The maximum atomic E-state index is 13.2. The number of anilines is 1. The molecule has 1 aromatic rings. The summed E-state index contributed by atoms with van der Waals surface area (Å²) in [5.74, 6) is -0.739. The summed E-state index contributed by atoms with van der Waals surface area (Å²) in [5.41, 5.74) is 1.08. The average Bonchev–Trinajstić information content (AvgIpc) is 2.81. The quantitative estimate of drug-likeness (QED) is 0.720. The van der Waals surface area contributed by atoms with Crippen LogP contribution in [0.1, 0.15) is 23.2 Å². The first-order chi connectivity index (χ1) is 7.72. The Bertz CT molecular complexity index is 400. The largest absolute Gasteiger partial charge is 0.465 e. The highest BCUT2D eigenvalue weighted by molar-refractivity contribution is 5.95. The number of rotatable bonds is 2. The van der Waals surface area contributed by atoms with Crippen molar-refractivity contribution >= 4 is 11.7 Å². The minimum Gasteiger partial charge on any atom is -0.465 e. The van der Waals surface area contributed by atoms with Crippen molar-refractivity contribution in [2.24, 2.45) is 0 Å². The number of benzene rings is 1. The first kappa shape index (κ1) is 10.9.